The average Bonchev–Trinajstić information content (AvgIpc) is 3.66. The highest BCUT2D eigenvalue weighted by Gasteiger charge is 2.50. The third-order valence-corrected chi connectivity index (χ3v) is 14.4. The monoisotopic (exact) mass is 982 g/mol. The van der Waals surface area contributed by atoms with E-state index in [0.717, 1.165) is 69.9 Å². The Bertz CT molecular complexity index is 1680. The number of aromatic nitrogens is 2. The minimum absolute atomic E-state index is 0.0563. The molecule has 0 radical (unpaired) electrons. The van der Waals surface area contributed by atoms with Gasteiger partial charge >= 0.3 is 5.69 Å². The number of unbranched alkanes of at least 4 members (excludes halogenated alkanes) is 18. The molecule has 1 aliphatic rings. The van der Waals surface area contributed by atoms with Crippen molar-refractivity contribution in [3.8, 4) is 6.07 Å². The van der Waals surface area contributed by atoms with Crippen molar-refractivity contribution in [2.24, 2.45) is 5.16 Å². The summed E-state index contributed by atoms with van der Waals surface area (Å²) in [7, 11) is -0.135. The third-order valence-electron chi connectivity index (χ3n) is 12.3. The molecule has 0 aromatic carbocycles. The number of nitrogens with zero attached hydrogens (tertiary/aromatic N) is 4. The smallest absolute Gasteiger partial charge is 0.330 e. The lowest BCUT2D eigenvalue weighted by molar-refractivity contribution is -0.0717. The number of H-pyrrole nitrogens is 1. The van der Waals surface area contributed by atoms with Gasteiger partial charge < -0.3 is 23.4 Å². The van der Waals surface area contributed by atoms with Gasteiger partial charge in [-0.1, -0.05) is 145 Å². The van der Waals surface area contributed by atoms with Crippen LogP contribution in [-0.4, -0.2) is 70.7 Å². The number of hydrogen-bond acceptors (Lipinski definition) is 10. The predicted octanol–water partition coefficient (Wildman–Crippen LogP) is 14.9. The maximum Gasteiger partial charge on any atom is 0.330 e. The van der Waals surface area contributed by atoms with Gasteiger partial charge in [0.25, 0.3) is 14.1 Å². The second-order valence-electron chi connectivity index (χ2n) is 19.0. The summed E-state index contributed by atoms with van der Waals surface area (Å²) in [5.41, 5.74) is -0.0595. The number of nitriles is 1. The van der Waals surface area contributed by atoms with E-state index in [-0.39, 0.29) is 31.7 Å². The van der Waals surface area contributed by atoms with Crippen molar-refractivity contribution < 1.29 is 23.4 Å². The van der Waals surface area contributed by atoms with Crippen LogP contribution in [0.15, 0.2) is 75.6 Å². The fourth-order valence-corrected chi connectivity index (χ4v) is 10.3. The van der Waals surface area contributed by atoms with Gasteiger partial charge in [0.15, 0.2) is 6.23 Å². The molecule has 0 amide bonds. The molecular weight excluding hydrogens is 886 g/mol. The molecule has 13 heteroatoms. The largest absolute Gasteiger partial charge is 0.393 e. The Kier molecular flexibility index (Phi) is 37.2. The zero-order valence-electron chi connectivity index (χ0n) is 44.3. The van der Waals surface area contributed by atoms with Crippen LogP contribution in [0.5, 0.6) is 0 Å². The zero-order chi connectivity index (χ0) is 50.2. The van der Waals surface area contributed by atoms with E-state index in [0.29, 0.717) is 0 Å². The van der Waals surface area contributed by atoms with E-state index in [4.69, 9.17) is 28.5 Å². The van der Waals surface area contributed by atoms with Crippen LogP contribution in [0.4, 0.5) is 0 Å². The standard InChI is InChI=1S/C56H96N5O7P/c1-8-10-12-14-16-18-20-22-24-26-28-30-32-34-36-38-41-50(42-39-37-35-33-31-29-27-25-23-21-19-17-15-13-11-9-2)59-65-47-51-53(68-69(66-46-40-44-57)61(48(3)4)49(5)6)54(64-7)55(67-51)60-45-43-52(62)58-56(60)63/h16-19,22-25,43,45,48-49,51,53-55H,8-15,20-21,26-42,46-47H2,1-7H3,(H,58,62,63)/b18-16-,19-17-,24-22-,25-23-/t51-,53?,54+,55-,69?/m1/s1. The molecule has 1 N–H and O–H groups in total. The van der Waals surface area contributed by atoms with Crippen molar-refractivity contribution in [3.63, 3.8) is 0 Å². The van der Waals surface area contributed by atoms with Crippen LogP contribution < -0.4 is 11.2 Å². The maximum atomic E-state index is 13.1. The van der Waals surface area contributed by atoms with Crippen LogP contribution in [0, 0.1) is 11.3 Å². The summed E-state index contributed by atoms with van der Waals surface area (Å²) >= 11 is 0. The van der Waals surface area contributed by atoms with E-state index < -0.39 is 44.3 Å². The van der Waals surface area contributed by atoms with Crippen LogP contribution in [-0.2, 0) is 23.4 Å². The molecule has 0 spiro atoms. The van der Waals surface area contributed by atoms with Crippen LogP contribution in [0.2, 0.25) is 0 Å². The minimum Gasteiger partial charge on any atom is -0.393 e. The molecule has 1 aromatic heterocycles. The van der Waals surface area contributed by atoms with Gasteiger partial charge in [-0.3, -0.25) is 14.3 Å². The Morgan fingerprint density at radius 1 is 0.754 bits per heavy atom. The molecule has 0 saturated carbocycles. The summed E-state index contributed by atoms with van der Waals surface area (Å²) in [5.74, 6) is 0. The fourth-order valence-electron chi connectivity index (χ4n) is 8.52. The Labute approximate surface area is 420 Å². The first-order valence-corrected chi connectivity index (χ1v) is 28.3. The van der Waals surface area contributed by atoms with Crippen molar-refractivity contribution in [3.05, 3.63) is 81.7 Å². The van der Waals surface area contributed by atoms with Crippen molar-refractivity contribution >= 4 is 14.2 Å². The van der Waals surface area contributed by atoms with Crippen LogP contribution in [0.1, 0.15) is 221 Å². The summed E-state index contributed by atoms with van der Waals surface area (Å²) in [5, 5.41) is 14.1. The molecule has 2 unspecified atom stereocenters. The quantitative estimate of drug-likeness (QED) is 0.0223. The van der Waals surface area contributed by atoms with E-state index in [9.17, 15) is 14.9 Å². The van der Waals surface area contributed by atoms with Gasteiger partial charge in [-0.05, 0) is 118 Å². The number of ether oxygens (including phenoxy) is 2. The normalized spacial score (nSPS) is 18.0. The first-order chi connectivity index (χ1) is 33.7. The molecule has 5 atom stereocenters. The second-order valence-corrected chi connectivity index (χ2v) is 20.4. The highest BCUT2D eigenvalue weighted by Crippen LogP contribution is 2.50. The van der Waals surface area contributed by atoms with Crippen LogP contribution in [0.25, 0.3) is 0 Å². The van der Waals surface area contributed by atoms with E-state index in [1.165, 1.54) is 120 Å². The van der Waals surface area contributed by atoms with Crippen molar-refractivity contribution in [2.75, 3.05) is 20.3 Å². The summed E-state index contributed by atoms with van der Waals surface area (Å²) < 4.78 is 29.2. The zero-order valence-corrected chi connectivity index (χ0v) is 45.2. The van der Waals surface area contributed by atoms with Gasteiger partial charge in [-0.2, -0.15) is 5.26 Å². The number of methoxy groups -OCH3 is 1. The fraction of sp³-hybridized carbons (Fsp3) is 0.750. The molecule has 1 fully saturated rings. The molecule has 1 aromatic rings. The van der Waals surface area contributed by atoms with Crippen molar-refractivity contribution in [2.45, 2.75) is 252 Å². The first-order valence-electron chi connectivity index (χ1n) is 27.2. The lowest BCUT2D eigenvalue weighted by Crippen LogP contribution is -2.41. The molecular formula is C56H96N5O7P. The topological polar surface area (TPSA) is 140 Å². The van der Waals surface area contributed by atoms with Gasteiger partial charge in [-0.25, -0.2) is 9.46 Å². The van der Waals surface area contributed by atoms with Gasteiger partial charge in [0.2, 0.25) is 0 Å². The molecule has 12 nitrogen and oxygen atoms in total. The molecule has 0 aliphatic carbocycles. The minimum atomic E-state index is -1.69. The number of rotatable bonds is 43. The molecule has 0 bridgehead atoms. The first kappa shape index (κ1) is 61.9. The highest BCUT2D eigenvalue weighted by molar-refractivity contribution is 7.44. The van der Waals surface area contributed by atoms with Gasteiger partial charge in [-0.15, -0.1) is 0 Å². The van der Waals surface area contributed by atoms with Gasteiger partial charge in [0, 0.05) is 31.5 Å². The number of hydrogen-bond donors (Lipinski definition) is 1. The molecule has 2 heterocycles. The number of nitrogens with one attached hydrogen (secondary N) is 1. The second kappa shape index (κ2) is 41.4. The summed E-state index contributed by atoms with van der Waals surface area (Å²) in [6.45, 7) is 13.1. The highest BCUT2D eigenvalue weighted by atomic mass is 31.2. The average molecular weight is 982 g/mol. The van der Waals surface area contributed by atoms with E-state index in [2.05, 4.69) is 106 Å². The molecule has 1 aliphatic heterocycles. The number of aromatic amines is 1. The summed E-state index contributed by atoms with van der Waals surface area (Å²) in [4.78, 5) is 33.6. The predicted molar refractivity (Wildman–Crippen MR) is 287 cm³/mol. The molecule has 69 heavy (non-hydrogen) atoms. The van der Waals surface area contributed by atoms with Gasteiger partial charge in [0.05, 0.1) is 24.8 Å². The van der Waals surface area contributed by atoms with Crippen molar-refractivity contribution in [1.29, 1.82) is 5.26 Å². The van der Waals surface area contributed by atoms with E-state index in [1.54, 1.807) is 7.11 Å². The van der Waals surface area contributed by atoms with Gasteiger partial charge in [0.1, 0.15) is 24.9 Å². The van der Waals surface area contributed by atoms with E-state index in [1.807, 2.05) is 0 Å². The Morgan fingerprint density at radius 3 is 1.71 bits per heavy atom. The Morgan fingerprint density at radius 2 is 1.25 bits per heavy atom. The number of allylic oxidation sites excluding steroid dienone is 8. The Balaban J connectivity index is 2.08. The van der Waals surface area contributed by atoms with Crippen LogP contribution >= 0.6 is 8.53 Å². The lowest BCUT2D eigenvalue weighted by Gasteiger charge is -2.38. The van der Waals surface area contributed by atoms with E-state index >= 15 is 0 Å². The Hall–Kier alpha value is -3.17. The molecule has 1 saturated heterocycles. The molecule has 392 valence electrons. The van der Waals surface area contributed by atoms with Crippen LogP contribution in [0.3, 0.4) is 0 Å². The SMILES string of the molecule is CCCCC/C=C\C/C=C\CCCCCCCCC(CCCCCCCC/C=C\C/C=C\CCCCC)=NOC[C@H]1O[C@@H](n2ccc(=O)[nH]c2=O)[C@@H](OC)C1OP(OCCC#N)N(C(C)C)C(C)C. The van der Waals surface area contributed by atoms with Crippen molar-refractivity contribution in [1.82, 2.24) is 14.2 Å². The lowest BCUT2D eigenvalue weighted by atomic mass is 10.0. The third kappa shape index (κ3) is 28.5. The maximum absolute atomic E-state index is 13.1. The summed E-state index contributed by atoms with van der Waals surface area (Å²) in [6.07, 6.45) is 47.7. The molecule has 2 rings (SSSR count). The number of oxime groups is 1. The summed E-state index contributed by atoms with van der Waals surface area (Å²) in [6, 6.07) is 3.58.